The largest absolute Gasteiger partial charge is 0.494 e. The monoisotopic (exact) mass is 423 g/mol. The van der Waals surface area contributed by atoms with Crippen LogP contribution in [0.25, 0.3) is 10.2 Å². The molecule has 2 aliphatic rings. The van der Waals surface area contributed by atoms with Crippen molar-refractivity contribution in [2.45, 2.75) is 13.3 Å². The van der Waals surface area contributed by atoms with Crippen molar-refractivity contribution in [1.82, 2.24) is 9.88 Å². The molecule has 1 aromatic heterocycles. The SMILES string of the molecule is CCOc1ccc2nc(N3CC(C(=O)N4CCS(=O)(=O)CC4)CC3=O)sc2c1. The highest BCUT2D eigenvalue weighted by Crippen LogP contribution is 2.35. The minimum atomic E-state index is -3.05. The quantitative estimate of drug-likeness (QED) is 0.736. The fraction of sp³-hybridized carbons (Fsp3) is 0.500. The summed E-state index contributed by atoms with van der Waals surface area (Å²) in [5.41, 5.74) is 0.785. The van der Waals surface area contributed by atoms with Crippen LogP contribution in [0.2, 0.25) is 0 Å². The zero-order chi connectivity index (χ0) is 19.9. The summed E-state index contributed by atoms with van der Waals surface area (Å²) < 4.78 is 29.6. The third kappa shape index (κ3) is 3.70. The lowest BCUT2D eigenvalue weighted by Crippen LogP contribution is -2.46. The van der Waals surface area contributed by atoms with Gasteiger partial charge in [-0.25, -0.2) is 13.4 Å². The Kier molecular flexibility index (Phi) is 5.00. The van der Waals surface area contributed by atoms with E-state index in [0.29, 0.717) is 11.7 Å². The first-order valence-corrected chi connectivity index (χ1v) is 11.8. The van der Waals surface area contributed by atoms with Gasteiger partial charge in [-0.05, 0) is 25.1 Å². The van der Waals surface area contributed by atoms with Crippen LogP contribution in [0, 0.1) is 5.92 Å². The normalized spacial score (nSPS) is 22.0. The first-order chi connectivity index (χ1) is 13.4. The molecule has 0 bridgehead atoms. The summed E-state index contributed by atoms with van der Waals surface area (Å²) in [5, 5.41) is 0.574. The number of hydrogen-bond donors (Lipinski definition) is 0. The van der Waals surface area contributed by atoms with Crippen LogP contribution >= 0.6 is 11.3 Å². The van der Waals surface area contributed by atoms with Gasteiger partial charge in [-0.1, -0.05) is 11.3 Å². The molecule has 28 heavy (non-hydrogen) atoms. The smallest absolute Gasteiger partial charge is 0.229 e. The van der Waals surface area contributed by atoms with Crippen molar-refractivity contribution in [2.24, 2.45) is 5.92 Å². The highest BCUT2D eigenvalue weighted by atomic mass is 32.2. The van der Waals surface area contributed by atoms with Crippen LogP contribution in [0.4, 0.5) is 5.13 Å². The number of benzene rings is 1. The van der Waals surface area contributed by atoms with Crippen LogP contribution < -0.4 is 9.64 Å². The van der Waals surface area contributed by atoms with Gasteiger partial charge in [-0.3, -0.25) is 14.5 Å². The van der Waals surface area contributed by atoms with E-state index < -0.39 is 15.8 Å². The van der Waals surface area contributed by atoms with E-state index in [2.05, 4.69) is 4.98 Å². The Morgan fingerprint density at radius 2 is 2.07 bits per heavy atom. The summed E-state index contributed by atoms with van der Waals surface area (Å²) in [6, 6.07) is 5.60. The number of carbonyl (C=O) groups is 2. The molecule has 10 heteroatoms. The van der Waals surface area contributed by atoms with Crippen LogP contribution in [0.15, 0.2) is 18.2 Å². The lowest BCUT2D eigenvalue weighted by atomic mass is 10.1. The Hall–Kier alpha value is -2.20. The van der Waals surface area contributed by atoms with Crippen LogP contribution in [-0.2, 0) is 19.4 Å². The van der Waals surface area contributed by atoms with Gasteiger partial charge in [-0.2, -0.15) is 0 Å². The number of sulfone groups is 1. The van der Waals surface area contributed by atoms with E-state index in [4.69, 9.17) is 4.74 Å². The van der Waals surface area contributed by atoms with Gasteiger partial charge in [0.15, 0.2) is 15.0 Å². The second-order valence-electron chi connectivity index (χ2n) is 6.94. The number of hydrogen-bond acceptors (Lipinski definition) is 7. The average Bonchev–Trinajstić information content (AvgIpc) is 3.24. The molecule has 0 N–H and O–H groups in total. The standard InChI is InChI=1S/C18H21N3O5S2/c1-2-26-13-3-4-14-15(10-13)27-18(19-14)21-11-12(9-16(21)22)17(23)20-5-7-28(24,25)8-6-20/h3-4,10,12H,2,5-9,11H2,1H3. The molecule has 8 nitrogen and oxygen atoms in total. The molecule has 3 heterocycles. The molecule has 1 atom stereocenters. The summed E-state index contributed by atoms with van der Waals surface area (Å²) in [6.07, 6.45) is 0.127. The van der Waals surface area contributed by atoms with Gasteiger partial charge in [0, 0.05) is 26.1 Å². The van der Waals surface area contributed by atoms with E-state index in [1.165, 1.54) is 11.3 Å². The molecule has 0 saturated carbocycles. The predicted molar refractivity (Wildman–Crippen MR) is 106 cm³/mol. The number of ether oxygens (including phenoxy) is 1. The van der Waals surface area contributed by atoms with Gasteiger partial charge in [-0.15, -0.1) is 0 Å². The van der Waals surface area contributed by atoms with Crippen molar-refractivity contribution in [3.63, 3.8) is 0 Å². The second kappa shape index (κ2) is 7.32. The molecule has 2 fully saturated rings. The van der Waals surface area contributed by atoms with Gasteiger partial charge >= 0.3 is 0 Å². The van der Waals surface area contributed by atoms with Crippen molar-refractivity contribution < 1.29 is 22.7 Å². The van der Waals surface area contributed by atoms with Crippen molar-refractivity contribution in [2.75, 3.05) is 42.6 Å². The zero-order valence-corrected chi connectivity index (χ0v) is 17.1. The van der Waals surface area contributed by atoms with Crippen molar-refractivity contribution >= 4 is 48.3 Å². The molecule has 150 valence electrons. The van der Waals surface area contributed by atoms with Crippen molar-refractivity contribution in [3.05, 3.63) is 18.2 Å². The Morgan fingerprint density at radius 3 is 2.79 bits per heavy atom. The second-order valence-corrected chi connectivity index (χ2v) is 10.3. The van der Waals surface area contributed by atoms with E-state index in [9.17, 15) is 18.0 Å². The Morgan fingerprint density at radius 1 is 1.32 bits per heavy atom. The summed E-state index contributed by atoms with van der Waals surface area (Å²) in [4.78, 5) is 32.9. The lowest BCUT2D eigenvalue weighted by Gasteiger charge is -2.28. The van der Waals surface area contributed by atoms with E-state index >= 15 is 0 Å². The van der Waals surface area contributed by atoms with E-state index in [1.807, 2.05) is 25.1 Å². The fourth-order valence-electron chi connectivity index (χ4n) is 3.51. The number of aromatic nitrogens is 1. The summed E-state index contributed by atoms with van der Waals surface area (Å²) in [6.45, 7) is 3.17. The Bertz CT molecular complexity index is 1020. The predicted octanol–water partition coefficient (Wildman–Crippen LogP) is 1.30. The Labute approximate surface area is 167 Å². The molecule has 2 saturated heterocycles. The number of fused-ring (bicyclic) bond motifs is 1. The fourth-order valence-corrected chi connectivity index (χ4v) is 5.74. The molecule has 2 aliphatic heterocycles. The number of amides is 2. The van der Waals surface area contributed by atoms with Crippen molar-refractivity contribution in [3.8, 4) is 5.75 Å². The average molecular weight is 424 g/mol. The summed E-state index contributed by atoms with van der Waals surface area (Å²) >= 11 is 1.40. The maximum Gasteiger partial charge on any atom is 0.229 e. The van der Waals surface area contributed by atoms with Crippen LogP contribution in [0.5, 0.6) is 5.75 Å². The van der Waals surface area contributed by atoms with Crippen molar-refractivity contribution in [1.29, 1.82) is 0 Å². The van der Waals surface area contributed by atoms with E-state index in [1.54, 1.807) is 9.80 Å². The number of nitrogens with zero attached hydrogens (tertiary/aromatic N) is 3. The maximum atomic E-state index is 12.7. The van der Waals surface area contributed by atoms with E-state index in [-0.39, 0.29) is 49.4 Å². The van der Waals surface area contributed by atoms with Gasteiger partial charge in [0.05, 0.1) is 34.2 Å². The summed E-state index contributed by atoms with van der Waals surface area (Å²) in [7, 11) is -3.05. The third-order valence-corrected chi connectivity index (χ3v) is 7.67. The highest BCUT2D eigenvalue weighted by molar-refractivity contribution is 7.91. The molecular formula is C18H21N3O5S2. The van der Waals surface area contributed by atoms with Crippen LogP contribution in [0.3, 0.4) is 0 Å². The topological polar surface area (TPSA) is 96.9 Å². The molecule has 1 unspecified atom stereocenters. The molecule has 1 aromatic carbocycles. The van der Waals surface area contributed by atoms with Crippen LogP contribution in [-0.4, -0.2) is 67.9 Å². The molecule has 2 amide bonds. The molecule has 0 spiro atoms. The van der Waals surface area contributed by atoms with E-state index in [0.717, 1.165) is 16.0 Å². The zero-order valence-electron chi connectivity index (χ0n) is 15.5. The molecular weight excluding hydrogens is 402 g/mol. The number of thiazole rings is 1. The lowest BCUT2D eigenvalue weighted by molar-refractivity contribution is -0.135. The summed E-state index contributed by atoms with van der Waals surface area (Å²) in [5.74, 6) is -0.00493. The molecule has 4 rings (SSSR count). The van der Waals surface area contributed by atoms with Crippen LogP contribution in [0.1, 0.15) is 13.3 Å². The van der Waals surface area contributed by atoms with Gasteiger partial charge in [0.1, 0.15) is 5.75 Å². The molecule has 0 radical (unpaired) electrons. The van der Waals surface area contributed by atoms with Gasteiger partial charge in [0.2, 0.25) is 11.8 Å². The number of anilines is 1. The molecule has 0 aliphatic carbocycles. The van der Waals surface area contributed by atoms with Gasteiger partial charge < -0.3 is 9.64 Å². The number of rotatable bonds is 4. The molecule has 2 aromatic rings. The highest BCUT2D eigenvalue weighted by Gasteiger charge is 2.39. The Balaban J connectivity index is 1.49. The maximum absolute atomic E-state index is 12.7. The minimum absolute atomic E-state index is 0.0108. The first kappa shape index (κ1) is 19.1. The minimum Gasteiger partial charge on any atom is -0.494 e. The first-order valence-electron chi connectivity index (χ1n) is 9.19. The third-order valence-electron chi connectivity index (χ3n) is 5.02. The number of carbonyl (C=O) groups excluding carboxylic acids is 2. The van der Waals surface area contributed by atoms with Gasteiger partial charge in [0.25, 0.3) is 0 Å².